The summed E-state index contributed by atoms with van der Waals surface area (Å²) in [6.45, 7) is 4.24. The Kier molecular flexibility index (Phi) is 4.16. The fourth-order valence-electron chi connectivity index (χ4n) is 2.99. The van der Waals surface area contributed by atoms with E-state index in [0.29, 0.717) is 17.7 Å². The topological polar surface area (TPSA) is 93.9 Å². The Hall–Kier alpha value is -2.22. The lowest BCUT2D eigenvalue weighted by atomic mass is 10.1. The zero-order chi connectivity index (χ0) is 17.5. The van der Waals surface area contributed by atoms with Gasteiger partial charge in [-0.3, -0.25) is 4.79 Å². The van der Waals surface area contributed by atoms with Crippen LogP contribution in [-0.4, -0.2) is 41.4 Å². The molecule has 1 aliphatic rings. The largest absolute Gasteiger partial charge is 0.347 e. The summed E-state index contributed by atoms with van der Waals surface area (Å²) in [5.74, 6) is 1.51. The van der Waals surface area contributed by atoms with E-state index in [1.807, 2.05) is 11.5 Å². The van der Waals surface area contributed by atoms with Crippen molar-refractivity contribution in [1.82, 2.24) is 20.1 Å². The third-order valence-corrected chi connectivity index (χ3v) is 5.56. The van der Waals surface area contributed by atoms with Crippen LogP contribution >= 0.6 is 0 Å². The van der Waals surface area contributed by atoms with Crippen molar-refractivity contribution >= 4 is 15.7 Å². The molecular formula is C16H20N4O3S. The second kappa shape index (κ2) is 6.01. The zero-order valence-electron chi connectivity index (χ0n) is 13.9. The van der Waals surface area contributed by atoms with E-state index in [1.165, 1.54) is 6.07 Å². The van der Waals surface area contributed by atoms with Gasteiger partial charge in [0.1, 0.15) is 11.6 Å². The normalized spacial score (nSPS) is 17.4. The molecule has 1 N–H and O–H groups in total. The summed E-state index contributed by atoms with van der Waals surface area (Å²) >= 11 is 0. The summed E-state index contributed by atoms with van der Waals surface area (Å²) in [4.78, 5) is 12.7. The van der Waals surface area contributed by atoms with Gasteiger partial charge in [0.05, 0.1) is 4.90 Å². The second-order valence-electron chi connectivity index (χ2n) is 6.24. The van der Waals surface area contributed by atoms with E-state index in [-0.39, 0.29) is 16.8 Å². The first kappa shape index (κ1) is 16.6. The lowest BCUT2D eigenvalue weighted by Crippen LogP contribution is -2.41. The Labute approximate surface area is 141 Å². The Morgan fingerprint density at radius 1 is 1.29 bits per heavy atom. The Balaban J connectivity index is 1.78. The van der Waals surface area contributed by atoms with Crippen LogP contribution in [0.5, 0.6) is 0 Å². The Morgan fingerprint density at radius 2 is 2.04 bits per heavy atom. The van der Waals surface area contributed by atoms with Gasteiger partial charge in [-0.25, -0.2) is 8.42 Å². The van der Waals surface area contributed by atoms with Crippen molar-refractivity contribution in [2.45, 2.75) is 44.2 Å². The molecule has 0 fully saturated rings. The molecule has 2 heterocycles. The minimum Gasteiger partial charge on any atom is -0.347 e. The molecule has 24 heavy (non-hydrogen) atoms. The quantitative estimate of drug-likeness (QED) is 0.894. The van der Waals surface area contributed by atoms with Gasteiger partial charge in [0.2, 0.25) is 0 Å². The minimum atomic E-state index is -3.36. The van der Waals surface area contributed by atoms with E-state index >= 15 is 0 Å². The number of hydrogen-bond donors (Lipinski definition) is 1. The number of carbonyl (C=O) groups is 1. The fraction of sp³-hybridized carbons (Fsp3) is 0.438. The first-order chi connectivity index (χ1) is 11.3. The van der Waals surface area contributed by atoms with Crippen LogP contribution in [0.1, 0.15) is 34.0 Å². The van der Waals surface area contributed by atoms with Crippen molar-refractivity contribution in [3.8, 4) is 0 Å². The standard InChI is InChI=1S/C16H20N4O3S/c1-10-4-5-12(8-14(10)24(3,22)23)16(21)17-13-6-7-15-19-18-11(2)20(15)9-13/h4-5,8,13H,6-7,9H2,1-3H3,(H,17,21)/t13-/m0/s1. The highest BCUT2D eigenvalue weighted by atomic mass is 32.2. The lowest BCUT2D eigenvalue weighted by Gasteiger charge is -2.25. The minimum absolute atomic E-state index is 0.0253. The molecule has 1 aliphatic heterocycles. The smallest absolute Gasteiger partial charge is 0.251 e. The number of amides is 1. The molecule has 1 atom stereocenters. The van der Waals surface area contributed by atoms with E-state index < -0.39 is 9.84 Å². The summed E-state index contributed by atoms with van der Waals surface area (Å²) in [5.41, 5.74) is 0.990. The Morgan fingerprint density at radius 3 is 2.75 bits per heavy atom. The average Bonchev–Trinajstić information content (AvgIpc) is 2.87. The van der Waals surface area contributed by atoms with E-state index in [1.54, 1.807) is 19.1 Å². The number of sulfone groups is 1. The number of aromatic nitrogens is 3. The number of aryl methyl sites for hydroxylation is 3. The molecule has 0 saturated carbocycles. The highest BCUT2D eigenvalue weighted by Crippen LogP contribution is 2.18. The van der Waals surface area contributed by atoms with Gasteiger partial charge < -0.3 is 9.88 Å². The van der Waals surface area contributed by atoms with Crippen LogP contribution in [0.15, 0.2) is 23.1 Å². The average molecular weight is 348 g/mol. The van der Waals surface area contributed by atoms with Gasteiger partial charge in [0.25, 0.3) is 5.91 Å². The summed E-state index contributed by atoms with van der Waals surface area (Å²) in [5, 5.41) is 11.1. The molecule has 2 aromatic rings. The molecular weight excluding hydrogens is 328 g/mol. The summed E-state index contributed by atoms with van der Waals surface area (Å²) in [6, 6.07) is 4.73. The molecule has 8 heteroatoms. The molecule has 0 bridgehead atoms. The van der Waals surface area contributed by atoms with Gasteiger partial charge in [-0.2, -0.15) is 0 Å². The van der Waals surface area contributed by atoms with Crippen LogP contribution in [-0.2, 0) is 22.8 Å². The van der Waals surface area contributed by atoms with Crippen molar-refractivity contribution in [2.75, 3.05) is 6.26 Å². The van der Waals surface area contributed by atoms with E-state index in [9.17, 15) is 13.2 Å². The second-order valence-corrected chi connectivity index (χ2v) is 8.22. The van der Waals surface area contributed by atoms with Gasteiger partial charge in [0.15, 0.2) is 9.84 Å². The summed E-state index contributed by atoms with van der Waals surface area (Å²) < 4.78 is 25.6. The highest BCUT2D eigenvalue weighted by molar-refractivity contribution is 7.90. The van der Waals surface area contributed by atoms with Gasteiger partial charge in [-0.1, -0.05) is 6.07 Å². The van der Waals surface area contributed by atoms with Crippen LogP contribution in [0.25, 0.3) is 0 Å². The number of fused-ring (bicyclic) bond motifs is 1. The van der Waals surface area contributed by atoms with E-state index in [4.69, 9.17) is 0 Å². The van der Waals surface area contributed by atoms with Crippen molar-refractivity contribution in [3.63, 3.8) is 0 Å². The van der Waals surface area contributed by atoms with Gasteiger partial charge >= 0.3 is 0 Å². The van der Waals surface area contributed by atoms with E-state index in [2.05, 4.69) is 15.5 Å². The van der Waals surface area contributed by atoms with Crippen LogP contribution in [0, 0.1) is 13.8 Å². The molecule has 1 amide bonds. The SMILES string of the molecule is Cc1ccc(C(=O)N[C@H]2CCc3nnc(C)n3C2)cc1S(C)(=O)=O. The maximum absolute atomic E-state index is 12.5. The summed E-state index contributed by atoms with van der Waals surface area (Å²) in [6.07, 6.45) is 2.69. The van der Waals surface area contributed by atoms with Crippen molar-refractivity contribution < 1.29 is 13.2 Å². The van der Waals surface area contributed by atoms with Crippen LogP contribution in [0.4, 0.5) is 0 Å². The maximum Gasteiger partial charge on any atom is 0.251 e. The fourth-order valence-corrected chi connectivity index (χ4v) is 3.98. The molecule has 1 aromatic heterocycles. The highest BCUT2D eigenvalue weighted by Gasteiger charge is 2.23. The van der Waals surface area contributed by atoms with Crippen LogP contribution < -0.4 is 5.32 Å². The number of nitrogens with one attached hydrogen (secondary N) is 1. The molecule has 1 aromatic carbocycles. The zero-order valence-corrected chi connectivity index (χ0v) is 14.7. The number of hydrogen-bond acceptors (Lipinski definition) is 5. The third-order valence-electron chi connectivity index (χ3n) is 4.32. The van der Waals surface area contributed by atoms with Crippen LogP contribution in [0.3, 0.4) is 0 Å². The lowest BCUT2D eigenvalue weighted by molar-refractivity contribution is 0.0927. The molecule has 0 unspecified atom stereocenters. The number of benzene rings is 1. The van der Waals surface area contributed by atoms with Crippen LogP contribution in [0.2, 0.25) is 0 Å². The van der Waals surface area contributed by atoms with Crippen molar-refractivity contribution in [3.05, 3.63) is 41.0 Å². The molecule has 7 nitrogen and oxygen atoms in total. The molecule has 0 spiro atoms. The predicted octanol–water partition coefficient (Wildman–Crippen LogP) is 1.04. The first-order valence-corrected chi connectivity index (χ1v) is 9.65. The number of carbonyl (C=O) groups excluding carboxylic acids is 1. The van der Waals surface area contributed by atoms with Gasteiger partial charge in [0, 0.05) is 30.8 Å². The molecule has 3 rings (SSSR count). The maximum atomic E-state index is 12.5. The molecule has 128 valence electrons. The summed E-state index contributed by atoms with van der Waals surface area (Å²) in [7, 11) is -3.36. The van der Waals surface area contributed by atoms with Gasteiger partial charge in [-0.15, -0.1) is 10.2 Å². The Bertz CT molecular complexity index is 902. The first-order valence-electron chi connectivity index (χ1n) is 7.76. The monoisotopic (exact) mass is 348 g/mol. The van der Waals surface area contributed by atoms with Crippen molar-refractivity contribution in [2.24, 2.45) is 0 Å². The molecule has 0 aliphatic carbocycles. The molecule has 0 saturated heterocycles. The molecule has 0 radical (unpaired) electrons. The third kappa shape index (κ3) is 3.19. The van der Waals surface area contributed by atoms with Crippen molar-refractivity contribution in [1.29, 1.82) is 0 Å². The van der Waals surface area contributed by atoms with Gasteiger partial charge in [-0.05, 0) is 38.0 Å². The number of rotatable bonds is 3. The number of nitrogens with zero attached hydrogens (tertiary/aromatic N) is 3. The van der Waals surface area contributed by atoms with E-state index in [0.717, 1.165) is 30.7 Å². The predicted molar refractivity (Wildman–Crippen MR) is 88.6 cm³/mol.